The van der Waals surface area contributed by atoms with E-state index in [9.17, 15) is 9.59 Å². The molecule has 0 heterocycles. The molecule has 0 aliphatic carbocycles. The molecule has 0 aromatic heterocycles. The molecule has 26 heavy (non-hydrogen) atoms. The Kier molecular flexibility index (Phi) is 6.78. The number of carbonyl (C=O) groups is 2. The van der Waals surface area contributed by atoms with E-state index >= 15 is 0 Å². The SMILES string of the molecule is CCc1ccccc1NC(=O)CCN(C(C)=O)c1ccc(N(C)C)cc1. The summed E-state index contributed by atoms with van der Waals surface area (Å²) in [6, 6.07) is 15.5. The first kappa shape index (κ1) is 19.5. The highest BCUT2D eigenvalue weighted by atomic mass is 16.2. The van der Waals surface area contributed by atoms with E-state index in [4.69, 9.17) is 0 Å². The predicted molar refractivity (Wildman–Crippen MR) is 108 cm³/mol. The second-order valence-corrected chi connectivity index (χ2v) is 6.39. The molecule has 2 aromatic rings. The normalized spacial score (nSPS) is 10.3. The number of para-hydroxylation sites is 1. The smallest absolute Gasteiger partial charge is 0.226 e. The fraction of sp³-hybridized carbons (Fsp3) is 0.333. The Bertz CT molecular complexity index is 754. The van der Waals surface area contributed by atoms with Gasteiger partial charge in [-0.1, -0.05) is 25.1 Å². The number of benzene rings is 2. The van der Waals surface area contributed by atoms with Crippen molar-refractivity contribution in [2.45, 2.75) is 26.7 Å². The molecule has 0 saturated heterocycles. The maximum atomic E-state index is 12.3. The van der Waals surface area contributed by atoms with Gasteiger partial charge in [0.2, 0.25) is 11.8 Å². The minimum absolute atomic E-state index is 0.0793. The van der Waals surface area contributed by atoms with Crippen LogP contribution >= 0.6 is 0 Å². The van der Waals surface area contributed by atoms with Crippen LogP contribution in [0.5, 0.6) is 0 Å². The number of hydrogen-bond donors (Lipinski definition) is 1. The first-order valence-corrected chi connectivity index (χ1v) is 8.85. The Balaban J connectivity index is 2.02. The van der Waals surface area contributed by atoms with Gasteiger partial charge in [0, 0.05) is 51.0 Å². The molecule has 0 radical (unpaired) electrons. The van der Waals surface area contributed by atoms with E-state index in [-0.39, 0.29) is 18.2 Å². The number of rotatable bonds is 7. The lowest BCUT2D eigenvalue weighted by atomic mass is 10.1. The molecule has 0 saturated carbocycles. The van der Waals surface area contributed by atoms with E-state index in [2.05, 4.69) is 12.2 Å². The average molecular weight is 353 g/mol. The molecule has 0 aliphatic rings. The third-order valence-electron chi connectivity index (χ3n) is 4.29. The van der Waals surface area contributed by atoms with Crippen LogP contribution in [0.3, 0.4) is 0 Å². The number of amides is 2. The van der Waals surface area contributed by atoms with Gasteiger partial charge in [0.25, 0.3) is 0 Å². The molecule has 0 bridgehead atoms. The van der Waals surface area contributed by atoms with Gasteiger partial charge in [-0.2, -0.15) is 0 Å². The number of anilines is 3. The van der Waals surface area contributed by atoms with E-state index in [1.807, 2.05) is 67.5 Å². The summed E-state index contributed by atoms with van der Waals surface area (Å²) in [6.07, 6.45) is 1.10. The summed E-state index contributed by atoms with van der Waals surface area (Å²) < 4.78 is 0. The van der Waals surface area contributed by atoms with Crippen LogP contribution in [-0.4, -0.2) is 32.5 Å². The van der Waals surface area contributed by atoms with Crippen molar-refractivity contribution in [1.29, 1.82) is 0 Å². The summed E-state index contributed by atoms with van der Waals surface area (Å²) in [5.74, 6) is -0.175. The van der Waals surface area contributed by atoms with Crippen molar-refractivity contribution in [2.75, 3.05) is 35.8 Å². The minimum atomic E-state index is -0.0953. The second kappa shape index (κ2) is 9.04. The van der Waals surface area contributed by atoms with Gasteiger partial charge in [0.05, 0.1) is 0 Å². The summed E-state index contributed by atoms with van der Waals surface area (Å²) in [4.78, 5) is 28.0. The van der Waals surface area contributed by atoms with Gasteiger partial charge >= 0.3 is 0 Å². The predicted octanol–water partition coefficient (Wildman–Crippen LogP) is 3.70. The van der Waals surface area contributed by atoms with Crippen LogP contribution in [0.2, 0.25) is 0 Å². The molecule has 2 aromatic carbocycles. The van der Waals surface area contributed by atoms with Crippen molar-refractivity contribution in [3.63, 3.8) is 0 Å². The molecular formula is C21H27N3O2. The van der Waals surface area contributed by atoms with E-state index in [0.717, 1.165) is 29.0 Å². The quantitative estimate of drug-likeness (QED) is 0.826. The Morgan fingerprint density at radius 1 is 0.962 bits per heavy atom. The molecule has 0 aliphatic heterocycles. The highest BCUT2D eigenvalue weighted by Gasteiger charge is 2.14. The molecule has 138 valence electrons. The fourth-order valence-corrected chi connectivity index (χ4v) is 2.78. The van der Waals surface area contributed by atoms with Gasteiger partial charge < -0.3 is 15.1 Å². The zero-order valence-corrected chi connectivity index (χ0v) is 16.0. The highest BCUT2D eigenvalue weighted by Crippen LogP contribution is 2.20. The summed E-state index contributed by atoms with van der Waals surface area (Å²) in [7, 11) is 3.94. The van der Waals surface area contributed by atoms with Crippen molar-refractivity contribution in [3.8, 4) is 0 Å². The number of nitrogens with zero attached hydrogens (tertiary/aromatic N) is 2. The molecule has 5 heteroatoms. The maximum Gasteiger partial charge on any atom is 0.226 e. The molecule has 0 atom stereocenters. The lowest BCUT2D eigenvalue weighted by Gasteiger charge is -2.22. The lowest BCUT2D eigenvalue weighted by Crippen LogP contribution is -2.32. The number of hydrogen-bond acceptors (Lipinski definition) is 3. The largest absolute Gasteiger partial charge is 0.378 e. The average Bonchev–Trinajstić information content (AvgIpc) is 2.62. The van der Waals surface area contributed by atoms with Crippen LogP contribution in [0.1, 0.15) is 25.8 Å². The van der Waals surface area contributed by atoms with Crippen LogP contribution < -0.4 is 15.1 Å². The van der Waals surface area contributed by atoms with Gasteiger partial charge in [-0.15, -0.1) is 0 Å². The van der Waals surface area contributed by atoms with Gasteiger partial charge in [-0.05, 0) is 42.3 Å². The lowest BCUT2D eigenvalue weighted by molar-refractivity contribution is -0.117. The van der Waals surface area contributed by atoms with Gasteiger partial charge in [-0.25, -0.2) is 0 Å². The van der Waals surface area contributed by atoms with Crippen molar-refractivity contribution >= 4 is 28.9 Å². The highest BCUT2D eigenvalue weighted by molar-refractivity contribution is 5.95. The molecule has 0 spiro atoms. The number of aryl methyl sites for hydroxylation is 1. The minimum Gasteiger partial charge on any atom is -0.378 e. The van der Waals surface area contributed by atoms with Crippen molar-refractivity contribution in [1.82, 2.24) is 0 Å². The molecule has 2 rings (SSSR count). The summed E-state index contributed by atoms with van der Waals surface area (Å²) in [6.45, 7) is 3.92. The second-order valence-electron chi connectivity index (χ2n) is 6.39. The summed E-state index contributed by atoms with van der Waals surface area (Å²) in [5.41, 5.74) is 3.80. The summed E-state index contributed by atoms with van der Waals surface area (Å²) >= 11 is 0. The van der Waals surface area contributed by atoms with Crippen molar-refractivity contribution in [2.24, 2.45) is 0 Å². The Labute approximate surface area is 155 Å². The van der Waals surface area contributed by atoms with Crippen molar-refractivity contribution < 1.29 is 9.59 Å². The maximum absolute atomic E-state index is 12.3. The monoisotopic (exact) mass is 353 g/mol. The molecule has 1 N–H and O–H groups in total. The first-order chi connectivity index (χ1) is 12.4. The number of nitrogens with one attached hydrogen (secondary N) is 1. The third kappa shape index (κ3) is 5.09. The zero-order valence-electron chi connectivity index (χ0n) is 16.0. The topological polar surface area (TPSA) is 52.7 Å². The Morgan fingerprint density at radius 2 is 1.58 bits per heavy atom. The van der Waals surface area contributed by atoms with Crippen LogP contribution in [0.4, 0.5) is 17.1 Å². The molecular weight excluding hydrogens is 326 g/mol. The molecule has 5 nitrogen and oxygen atoms in total. The van der Waals surface area contributed by atoms with E-state index < -0.39 is 0 Å². The van der Waals surface area contributed by atoms with Gasteiger partial charge in [-0.3, -0.25) is 9.59 Å². The van der Waals surface area contributed by atoms with Gasteiger partial charge in [0.1, 0.15) is 0 Å². The number of carbonyl (C=O) groups excluding carboxylic acids is 2. The van der Waals surface area contributed by atoms with Crippen LogP contribution in [0.15, 0.2) is 48.5 Å². The first-order valence-electron chi connectivity index (χ1n) is 8.85. The van der Waals surface area contributed by atoms with Crippen LogP contribution in [-0.2, 0) is 16.0 Å². The molecule has 0 unspecified atom stereocenters. The third-order valence-corrected chi connectivity index (χ3v) is 4.29. The van der Waals surface area contributed by atoms with Crippen LogP contribution in [0.25, 0.3) is 0 Å². The van der Waals surface area contributed by atoms with E-state index in [0.29, 0.717) is 6.54 Å². The van der Waals surface area contributed by atoms with Crippen molar-refractivity contribution in [3.05, 3.63) is 54.1 Å². The van der Waals surface area contributed by atoms with E-state index in [1.165, 1.54) is 6.92 Å². The Morgan fingerprint density at radius 3 is 2.15 bits per heavy atom. The fourth-order valence-electron chi connectivity index (χ4n) is 2.78. The molecule has 2 amide bonds. The Hall–Kier alpha value is -2.82. The standard InChI is InChI=1S/C21H27N3O2/c1-5-17-8-6-7-9-20(17)22-21(26)14-15-24(16(2)25)19-12-10-18(11-13-19)23(3)4/h6-13H,5,14-15H2,1-4H3,(H,22,26). The van der Waals surface area contributed by atoms with E-state index in [1.54, 1.807) is 4.90 Å². The van der Waals surface area contributed by atoms with Crippen LogP contribution in [0, 0.1) is 0 Å². The summed E-state index contributed by atoms with van der Waals surface area (Å²) in [5, 5.41) is 2.95. The van der Waals surface area contributed by atoms with Gasteiger partial charge in [0.15, 0.2) is 0 Å². The zero-order chi connectivity index (χ0) is 19.1. The molecule has 0 fully saturated rings.